The van der Waals surface area contributed by atoms with Gasteiger partial charge in [-0.3, -0.25) is 0 Å². The molecule has 21 heavy (non-hydrogen) atoms. The minimum atomic E-state index is -3.06. The highest BCUT2D eigenvalue weighted by Crippen LogP contribution is 2.20. The average molecular weight is 311 g/mol. The Balaban J connectivity index is 2.86. The van der Waals surface area contributed by atoms with E-state index in [0.29, 0.717) is 12.3 Å². The normalized spacial score (nSPS) is 15.1. The first-order chi connectivity index (χ1) is 9.80. The fraction of sp³-hybridized carbons (Fsp3) is 0.647. The first-order valence-electron chi connectivity index (χ1n) is 7.77. The van der Waals surface area contributed by atoms with Crippen LogP contribution in [-0.2, 0) is 16.3 Å². The maximum absolute atomic E-state index is 12.3. The molecule has 0 fully saturated rings. The van der Waals surface area contributed by atoms with E-state index in [2.05, 4.69) is 31.3 Å². The zero-order chi connectivity index (χ0) is 16.0. The Kier molecular flexibility index (Phi) is 6.88. The van der Waals surface area contributed by atoms with Crippen molar-refractivity contribution in [1.82, 2.24) is 5.32 Å². The van der Waals surface area contributed by atoms with Gasteiger partial charge in [0, 0.05) is 6.04 Å². The maximum atomic E-state index is 12.3. The van der Waals surface area contributed by atoms with E-state index in [1.165, 1.54) is 5.56 Å². The summed E-state index contributed by atoms with van der Waals surface area (Å²) in [6, 6.07) is 8.17. The molecule has 0 saturated carbocycles. The second-order valence-corrected chi connectivity index (χ2v) is 8.69. The second kappa shape index (κ2) is 7.95. The molecule has 0 amide bonds. The molecule has 0 saturated heterocycles. The van der Waals surface area contributed by atoms with Crippen LogP contribution in [0.5, 0.6) is 0 Å². The van der Waals surface area contributed by atoms with E-state index in [-0.39, 0.29) is 17.0 Å². The van der Waals surface area contributed by atoms with Crippen molar-refractivity contribution in [2.45, 2.75) is 51.8 Å². The Morgan fingerprint density at radius 3 is 2.10 bits per heavy atom. The molecule has 0 aliphatic rings. The van der Waals surface area contributed by atoms with Crippen LogP contribution in [0.1, 0.15) is 51.3 Å². The highest BCUT2D eigenvalue weighted by molar-refractivity contribution is 7.92. The van der Waals surface area contributed by atoms with E-state index >= 15 is 0 Å². The van der Waals surface area contributed by atoms with Gasteiger partial charge >= 0.3 is 0 Å². The Morgan fingerprint density at radius 2 is 1.67 bits per heavy atom. The van der Waals surface area contributed by atoms with E-state index in [1.54, 1.807) is 6.92 Å². The first kappa shape index (κ1) is 18.2. The van der Waals surface area contributed by atoms with Crippen molar-refractivity contribution in [3.8, 4) is 0 Å². The smallest absolute Gasteiger partial charge is 0.154 e. The third-order valence-corrected chi connectivity index (χ3v) is 6.32. The van der Waals surface area contributed by atoms with E-state index < -0.39 is 9.84 Å². The van der Waals surface area contributed by atoms with Gasteiger partial charge in [0.05, 0.1) is 11.0 Å². The lowest BCUT2D eigenvalue weighted by Crippen LogP contribution is -2.30. The maximum Gasteiger partial charge on any atom is 0.154 e. The van der Waals surface area contributed by atoms with Crippen molar-refractivity contribution in [2.24, 2.45) is 5.92 Å². The van der Waals surface area contributed by atoms with Gasteiger partial charge < -0.3 is 5.32 Å². The molecule has 1 N–H and O–H groups in total. The molecule has 0 aromatic heterocycles. The van der Waals surface area contributed by atoms with Crippen molar-refractivity contribution in [1.29, 1.82) is 0 Å². The van der Waals surface area contributed by atoms with Crippen LogP contribution < -0.4 is 5.32 Å². The third kappa shape index (κ3) is 5.44. The van der Waals surface area contributed by atoms with Crippen molar-refractivity contribution in [3.05, 3.63) is 35.4 Å². The summed E-state index contributed by atoms with van der Waals surface area (Å²) < 4.78 is 24.6. The molecular weight excluding hydrogens is 282 g/mol. The van der Waals surface area contributed by atoms with Gasteiger partial charge in [0.25, 0.3) is 0 Å². The van der Waals surface area contributed by atoms with Crippen molar-refractivity contribution >= 4 is 9.84 Å². The van der Waals surface area contributed by atoms with Gasteiger partial charge in [-0.05, 0) is 43.9 Å². The summed E-state index contributed by atoms with van der Waals surface area (Å²) in [6.07, 6.45) is 1.71. The molecule has 0 spiro atoms. The Morgan fingerprint density at radius 1 is 1.10 bits per heavy atom. The fourth-order valence-corrected chi connectivity index (χ4v) is 4.01. The standard InChI is InChI=1S/C17H29NO2S/c1-6-14(4)21(19,20)12-17(18-5)16-9-7-15(8-10-16)11-13(2)3/h7-10,13-14,17-18H,6,11-12H2,1-5H3. The summed E-state index contributed by atoms with van der Waals surface area (Å²) >= 11 is 0. The Labute approximate surface area is 130 Å². The second-order valence-electron chi connectivity index (χ2n) is 6.23. The predicted octanol–water partition coefficient (Wildman–Crippen LogP) is 3.36. The van der Waals surface area contributed by atoms with Gasteiger partial charge in [-0.2, -0.15) is 0 Å². The van der Waals surface area contributed by atoms with Gasteiger partial charge in [0.2, 0.25) is 0 Å². The summed E-state index contributed by atoms with van der Waals surface area (Å²) in [5.41, 5.74) is 2.34. The predicted molar refractivity (Wildman–Crippen MR) is 90.3 cm³/mol. The number of hydrogen-bond acceptors (Lipinski definition) is 3. The number of sulfone groups is 1. The zero-order valence-corrected chi connectivity index (χ0v) is 14.7. The molecule has 2 unspecified atom stereocenters. The minimum absolute atomic E-state index is 0.142. The lowest BCUT2D eigenvalue weighted by atomic mass is 10.00. The topological polar surface area (TPSA) is 46.2 Å². The van der Waals surface area contributed by atoms with Gasteiger partial charge in [-0.15, -0.1) is 0 Å². The van der Waals surface area contributed by atoms with Crippen LogP contribution >= 0.6 is 0 Å². The zero-order valence-electron chi connectivity index (χ0n) is 13.9. The summed E-state index contributed by atoms with van der Waals surface area (Å²) in [5, 5.41) is 2.85. The molecule has 120 valence electrons. The monoisotopic (exact) mass is 311 g/mol. The van der Waals surface area contributed by atoms with Gasteiger partial charge in [-0.25, -0.2) is 8.42 Å². The summed E-state index contributed by atoms with van der Waals surface area (Å²) in [4.78, 5) is 0. The molecule has 0 bridgehead atoms. The molecule has 2 atom stereocenters. The summed E-state index contributed by atoms with van der Waals surface area (Å²) in [7, 11) is -1.24. The van der Waals surface area contributed by atoms with Crippen LogP contribution in [0.2, 0.25) is 0 Å². The van der Waals surface area contributed by atoms with Crippen LogP contribution in [0.3, 0.4) is 0 Å². The number of hydrogen-bond donors (Lipinski definition) is 1. The Bertz CT molecular complexity index is 520. The molecule has 0 heterocycles. The molecule has 1 rings (SSSR count). The lowest BCUT2D eigenvalue weighted by Gasteiger charge is -2.20. The van der Waals surface area contributed by atoms with Gasteiger partial charge in [-0.1, -0.05) is 45.0 Å². The van der Waals surface area contributed by atoms with Crippen LogP contribution in [-0.4, -0.2) is 26.5 Å². The number of nitrogens with one attached hydrogen (secondary N) is 1. The van der Waals surface area contributed by atoms with Crippen LogP contribution in [0.4, 0.5) is 0 Å². The largest absolute Gasteiger partial charge is 0.312 e. The van der Waals surface area contributed by atoms with Crippen LogP contribution in [0, 0.1) is 5.92 Å². The van der Waals surface area contributed by atoms with Crippen molar-refractivity contribution in [2.75, 3.05) is 12.8 Å². The highest BCUT2D eigenvalue weighted by atomic mass is 32.2. The quantitative estimate of drug-likeness (QED) is 0.801. The third-order valence-electron chi connectivity index (χ3n) is 3.96. The van der Waals surface area contributed by atoms with E-state index in [4.69, 9.17) is 0 Å². The van der Waals surface area contributed by atoms with Gasteiger partial charge in [0.1, 0.15) is 0 Å². The van der Waals surface area contributed by atoms with Crippen LogP contribution in [0.15, 0.2) is 24.3 Å². The molecule has 0 radical (unpaired) electrons. The van der Waals surface area contributed by atoms with Crippen LogP contribution in [0.25, 0.3) is 0 Å². The highest BCUT2D eigenvalue weighted by Gasteiger charge is 2.24. The lowest BCUT2D eigenvalue weighted by molar-refractivity contribution is 0.561. The van der Waals surface area contributed by atoms with Gasteiger partial charge in [0.15, 0.2) is 9.84 Å². The average Bonchev–Trinajstić information content (AvgIpc) is 2.44. The van der Waals surface area contributed by atoms with E-state index in [9.17, 15) is 8.42 Å². The number of rotatable bonds is 8. The fourth-order valence-electron chi connectivity index (χ4n) is 2.35. The molecule has 1 aromatic carbocycles. The molecule has 3 nitrogen and oxygen atoms in total. The SMILES string of the molecule is CCC(C)S(=O)(=O)CC(NC)c1ccc(CC(C)C)cc1. The van der Waals surface area contributed by atoms with E-state index in [0.717, 1.165) is 12.0 Å². The first-order valence-corrected chi connectivity index (χ1v) is 9.49. The van der Waals surface area contributed by atoms with Crippen molar-refractivity contribution < 1.29 is 8.42 Å². The molecule has 1 aromatic rings. The number of benzene rings is 1. The Hall–Kier alpha value is -0.870. The van der Waals surface area contributed by atoms with E-state index in [1.807, 2.05) is 26.1 Å². The summed E-state index contributed by atoms with van der Waals surface area (Å²) in [5.74, 6) is 0.781. The minimum Gasteiger partial charge on any atom is -0.312 e. The van der Waals surface area contributed by atoms with Crippen molar-refractivity contribution in [3.63, 3.8) is 0 Å². The molecule has 0 aliphatic heterocycles. The molecule has 0 aliphatic carbocycles. The molecular formula is C17H29NO2S. The summed E-state index contributed by atoms with van der Waals surface area (Å²) in [6.45, 7) is 8.09. The molecule has 4 heteroatoms.